The fourth-order valence-electron chi connectivity index (χ4n) is 2.78. The van der Waals surface area contributed by atoms with Gasteiger partial charge in [0, 0.05) is 29.4 Å². The first-order valence-corrected chi connectivity index (χ1v) is 9.59. The minimum absolute atomic E-state index is 0.0238. The number of amides is 1. The van der Waals surface area contributed by atoms with Gasteiger partial charge in [-0.25, -0.2) is 0 Å². The van der Waals surface area contributed by atoms with Gasteiger partial charge >= 0.3 is 0 Å². The maximum atomic E-state index is 13.1. The van der Waals surface area contributed by atoms with Crippen molar-refractivity contribution in [2.45, 2.75) is 33.0 Å². The van der Waals surface area contributed by atoms with Crippen molar-refractivity contribution in [3.05, 3.63) is 76.2 Å². The highest BCUT2D eigenvalue weighted by atomic mass is 32.1. The summed E-state index contributed by atoms with van der Waals surface area (Å²) in [5.41, 5.74) is 1.78. The van der Waals surface area contributed by atoms with Crippen LogP contribution < -0.4 is 4.74 Å². The smallest absolute Gasteiger partial charge is 0.254 e. The third kappa shape index (κ3) is 4.55. The van der Waals surface area contributed by atoms with Gasteiger partial charge in [0.1, 0.15) is 5.75 Å². The fourth-order valence-corrected chi connectivity index (χ4v) is 3.50. The molecule has 0 aliphatic carbocycles. The topological polar surface area (TPSA) is 34.5 Å². The van der Waals surface area contributed by atoms with Crippen LogP contribution in [-0.4, -0.2) is 21.5 Å². The number of thiophene rings is 1. The van der Waals surface area contributed by atoms with Gasteiger partial charge in [-0.2, -0.15) is 0 Å². The minimum Gasteiger partial charge on any atom is -0.491 e. The first kappa shape index (κ1) is 18.3. The summed E-state index contributed by atoms with van der Waals surface area (Å²) in [7, 11) is 2.00. The standard InChI is InChI=1S/C21H24N2O2S/c1-16(2)25-19-10-8-17(9-11-19)21(24)23(15-20-7-5-13-26-20)14-18-6-4-12-22(18)3/h4-13,16H,14-15H2,1-3H3. The van der Waals surface area contributed by atoms with Crippen LogP contribution in [-0.2, 0) is 20.1 Å². The van der Waals surface area contributed by atoms with Crippen molar-refractivity contribution in [3.63, 3.8) is 0 Å². The van der Waals surface area contributed by atoms with Gasteiger partial charge in [0.2, 0.25) is 0 Å². The Balaban J connectivity index is 1.80. The molecular formula is C21H24N2O2S. The molecule has 136 valence electrons. The maximum absolute atomic E-state index is 13.1. The van der Waals surface area contributed by atoms with Crippen LogP contribution >= 0.6 is 11.3 Å². The third-order valence-corrected chi connectivity index (χ3v) is 4.95. The Kier molecular flexibility index (Phi) is 5.78. The van der Waals surface area contributed by atoms with Crippen LogP contribution in [0.3, 0.4) is 0 Å². The van der Waals surface area contributed by atoms with E-state index in [1.165, 1.54) is 4.88 Å². The van der Waals surface area contributed by atoms with Crippen LogP contribution in [0.2, 0.25) is 0 Å². The fraction of sp³-hybridized carbons (Fsp3) is 0.286. The number of rotatable bonds is 7. The third-order valence-electron chi connectivity index (χ3n) is 4.09. The summed E-state index contributed by atoms with van der Waals surface area (Å²) < 4.78 is 7.72. The molecule has 2 heterocycles. The lowest BCUT2D eigenvalue weighted by molar-refractivity contribution is 0.0728. The van der Waals surface area contributed by atoms with E-state index in [9.17, 15) is 4.79 Å². The average Bonchev–Trinajstić information content (AvgIpc) is 3.26. The summed E-state index contributed by atoms with van der Waals surface area (Å²) >= 11 is 1.67. The van der Waals surface area contributed by atoms with Gasteiger partial charge in [-0.1, -0.05) is 6.07 Å². The van der Waals surface area contributed by atoms with Crippen LogP contribution in [0.4, 0.5) is 0 Å². The molecule has 0 radical (unpaired) electrons. The van der Waals surface area contributed by atoms with Gasteiger partial charge in [-0.15, -0.1) is 11.3 Å². The number of benzene rings is 1. The number of ether oxygens (including phenoxy) is 1. The molecular weight excluding hydrogens is 344 g/mol. The molecule has 3 aromatic rings. The lowest BCUT2D eigenvalue weighted by atomic mass is 10.1. The molecule has 0 saturated heterocycles. The highest BCUT2D eigenvalue weighted by Gasteiger charge is 2.18. The second-order valence-corrected chi connectivity index (χ2v) is 7.57. The molecule has 0 atom stereocenters. The average molecular weight is 369 g/mol. The van der Waals surface area contributed by atoms with E-state index < -0.39 is 0 Å². The van der Waals surface area contributed by atoms with Gasteiger partial charge in [-0.05, 0) is 61.7 Å². The maximum Gasteiger partial charge on any atom is 0.254 e. The number of nitrogens with zero attached hydrogens (tertiary/aromatic N) is 2. The predicted octanol–water partition coefficient (Wildman–Crippen LogP) is 4.72. The number of aryl methyl sites for hydroxylation is 1. The van der Waals surface area contributed by atoms with Crippen molar-refractivity contribution in [2.24, 2.45) is 7.05 Å². The first-order valence-electron chi connectivity index (χ1n) is 8.71. The summed E-state index contributed by atoms with van der Waals surface area (Å²) in [4.78, 5) is 16.2. The molecule has 2 aromatic heterocycles. The number of aromatic nitrogens is 1. The number of hydrogen-bond donors (Lipinski definition) is 0. The van der Waals surface area contributed by atoms with Crippen molar-refractivity contribution in [1.29, 1.82) is 0 Å². The van der Waals surface area contributed by atoms with Crippen LogP contribution in [0.1, 0.15) is 34.8 Å². The first-order chi connectivity index (χ1) is 12.5. The molecule has 0 saturated carbocycles. The molecule has 0 spiro atoms. The highest BCUT2D eigenvalue weighted by Crippen LogP contribution is 2.19. The van der Waals surface area contributed by atoms with Gasteiger partial charge in [-0.3, -0.25) is 4.79 Å². The van der Waals surface area contributed by atoms with E-state index in [1.54, 1.807) is 11.3 Å². The molecule has 0 aliphatic heterocycles. The normalized spacial score (nSPS) is 10.9. The quantitative estimate of drug-likeness (QED) is 0.605. The Morgan fingerprint density at radius 2 is 1.88 bits per heavy atom. The van der Waals surface area contributed by atoms with Crippen molar-refractivity contribution < 1.29 is 9.53 Å². The summed E-state index contributed by atoms with van der Waals surface area (Å²) in [6.45, 7) is 5.15. The second kappa shape index (κ2) is 8.23. The van der Waals surface area contributed by atoms with Crippen molar-refractivity contribution in [2.75, 3.05) is 0 Å². The monoisotopic (exact) mass is 368 g/mol. The SMILES string of the molecule is CC(C)Oc1ccc(C(=O)N(Cc2cccs2)Cc2cccn2C)cc1. The number of hydrogen-bond acceptors (Lipinski definition) is 3. The van der Waals surface area contributed by atoms with Crippen LogP contribution in [0.5, 0.6) is 5.75 Å². The van der Waals surface area contributed by atoms with E-state index in [-0.39, 0.29) is 12.0 Å². The minimum atomic E-state index is 0.0238. The Morgan fingerprint density at radius 3 is 2.46 bits per heavy atom. The molecule has 4 nitrogen and oxygen atoms in total. The highest BCUT2D eigenvalue weighted by molar-refractivity contribution is 7.09. The van der Waals surface area contributed by atoms with Crippen molar-refractivity contribution >= 4 is 17.2 Å². The number of carbonyl (C=O) groups excluding carboxylic acids is 1. The van der Waals surface area contributed by atoms with E-state index in [1.807, 2.05) is 84.4 Å². The molecule has 5 heteroatoms. The van der Waals surface area contributed by atoms with Crippen LogP contribution in [0, 0.1) is 0 Å². The molecule has 1 aromatic carbocycles. The lowest BCUT2D eigenvalue weighted by Gasteiger charge is -2.23. The predicted molar refractivity (Wildman–Crippen MR) is 106 cm³/mol. The largest absolute Gasteiger partial charge is 0.491 e. The van der Waals surface area contributed by atoms with E-state index in [2.05, 4.69) is 6.07 Å². The van der Waals surface area contributed by atoms with Gasteiger partial charge in [0.05, 0.1) is 19.2 Å². The Morgan fingerprint density at radius 1 is 1.12 bits per heavy atom. The van der Waals surface area contributed by atoms with E-state index in [0.717, 1.165) is 11.4 Å². The van der Waals surface area contributed by atoms with E-state index in [0.29, 0.717) is 18.7 Å². The molecule has 3 rings (SSSR count). The van der Waals surface area contributed by atoms with Crippen LogP contribution in [0.15, 0.2) is 60.1 Å². The van der Waals surface area contributed by atoms with Crippen molar-refractivity contribution in [1.82, 2.24) is 9.47 Å². The second-order valence-electron chi connectivity index (χ2n) is 6.54. The van der Waals surface area contributed by atoms with E-state index in [4.69, 9.17) is 4.74 Å². The molecule has 0 fully saturated rings. The zero-order chi connectivity index (χ0) is 18.5. The Labute approximate surface area is 158 Å². The zero-order valence-electron chi connectivity index (χ0n) is 15.4. The molecule has 0 N–H and O–H groups in total. The van der Waals surface area contributed by atoms with Gasteiger partial charge in [0.15, 0.2) is 0 Å². The van der Waals surface area contributed by atoms with Gasteiger partial charge < -0.3 is 14.2 Å². The van der Waals surface area contributed by atoms with Crippen LogP contribution in [0.25, 0.3) is 0 Å². The molecule has 0 bridgehead atoms. The summed E-state index contributed by atoms with van der Waals surface area (Å²) in [6, 6.07) is 15.5. The molecule has 0 unspecified atom stereocenters. The Bertz CT molecular complexity index is 835. The van der Waals surface area contributed by atoms with Gasteiger partial charge in [0.25, 0.3) is 5.91 Å². The summed E-state index contributed by atoms with van der Waals surface area (Å²) in [5.74, 6) is 0.805. The zero-order valence-corrected chi connectivity index (χ0v) is 16.2. The van der Waals surface area contributed by atoms with Crippen molar-refractivity contribution in [3.8, 4) is 5.75 Å². The molecule has 1 amide bonds. The van der Waals surface area contributed by atoms with E-state index >= 15 is 0 Å². The molecule has 0 aliphatic rings. The summed E-state index contributed by atoms with van der Waals surface area (Å²) in [5, 5.41) is 2.04. The Hall–Kier alpha value is -2.53. The summed E-state index contributed by atoms with van der Waals surface area (Å²) in [6.07, 6.45) is 2.12. The number of carbonyl (C=O) groups is 1. The lowest BCUT2D eigenvalue weighted by Crippen LogP contribution is -2.30. The molecule has 26 heavy (non-hydrogen) atoms.